The van der Waals surface area contributed by atoms with Crippen LogP contribution in [-0.2, 0) is 4.79 Å². The van der Waals surface area contributed by atoms with Crippen molar-refractivity contribution in [2.24, 2.45) is 11.7 Å². The molecule has 0 bridgehead atoms. The molecule has 0 spiro atoms. The molecule has 1 unspecified atom stereocenters. The van der Waals surface area contributed by atoms with Crippen LogP contribution in [0.25, 0.3) is 10.8 Å². The van der Waals surface area contributed by atoms with Crippen LogP contribution >= 0.6 is 0 Å². The number of hydrogen-bond acceptors (Lipinski definition) is 4. The molecule has 0 saturated heterocycles. The summed E-state index contributed by atoms with van der Waals surface area (Å²) in [6, 6.07) is 13.2. The summed E-state index contributed by atoms with van der Waals surface area (Å²) in [6.07, 6.45) is 6.73. The lowest BCUT2D eigenvalue weighted by molar-refractivity contribution is -0.130. The number of hydrazine groups is 1. The molecule has 0 aliphatic heterocycles. The molecular formula is C21H29N3O2. The summed E-state index contributed by atoms with van der Waals surface area (Å²) >= 11 is 0. The van der Waals surface area contributed by atoms with Crippen molar-refractivity contribution in [1.82, 2.24) is 5.43 Å². The minimum atomic E-state index is -1.21. The van der Waals surface area contributed by atoms with E-state index in [1.807, 2.05) is 42.5 Å². The van der Waals surface area contributed by atoms with Crippen molar-refractivity contribution in [3.63, 3.8) is 0 Å². The molecule has 5 nitrogen and oxygen atoms in total. The van der Waals surface area contributed by atoms with E-state index in [9.17, 15) is 9.90 Å². The summed E-state index contributed by atoms with van der Waals surface area (Å²) in [4.78, 5) is 12.4. The number of carbonyl (C=O) groups excluding carboxylic acids is 1. The maximum Gasteiger partial charge on any atom is 0.268 e. The average Bonchev–Trinajstić information content (AvgIpc) is 2.64. The molecule has 26 heavy (non-hydrogen) atoms. The van der Waals surface area contributed by atoms with Gasteiger partial charge in [-0.15, -0.1) is 0 Å². The van der Waals surface area contributed by atoms with Crippen LogP contribution in [-0.4, -0.2) is 23.2 Å². The van der Waals surface area contributed by atoms with E-state index in [0.717, 1.165) is 42.1 Å². The number of carbonyl (C=O) groups is 1. The van der Waals surface area contributed by atoms with Crippen molar-refractivity contribution in [3.05, 3.63) is 42.5 Å². The van der Waals surface area contributed by atoms with Gasteiger partial charge in [0, 0.05) is 11.4 Å². The molecule has 0 heterocycles. The molecule has 2 aromatic carbocycles. The van der Waals surface area contributed by atoms with Crippen molar-refractivity contribution in [1.29, 1.82) is 0 Å². The van der Waals surface area contributed by atoms with Crippen molar-refractivity contribution in [2.45, 2.75) is 57.1 Å². The minimum absolute atomic E-state index is 0.202. The zero-order chi connectivity index (χ0) is 18.4. The first-order chi connectivity index (χ1) is 12.7. The van der Waals surface area contributed by atoms with Crippen molar-refractivity contribution in [3.8, 4) is 0 Å². The van der Waals surface area contributed by atoms with Gasteiger partial charge in [0.2, 0.25) is 0 Å². The molecule has 1 aliphatic carbocycles. The molecule has 140 valence electrons. The van der Waals surface area contributed by atoms with E-state index in [2.05, 4.69) is 10.9 Å². The highest BCUT2D eigenvalue weighted by Crippen LogP contribution is 2.26. The SMILES string of the molecule is N[C@H](C1CCCCCCC1)C(O)C(=O)NNc1cccc2ccccc12. The van der Waals surface area contributed by atoms with Gasteiger partial charge in [-0.2, -0.15) is 0 Å². The highest BCUT2D eigenvalue weighted by molar-refractivity contribution is 5.94. The van der Waals surface area contributed by atoms with E-state index in [-0.39, 0.29) is 5.92 Å². The van der Waals surface area contributed by atoms with Gasteiger partial charge in [-0.1, -0.05) is 68.5 Å². The number of benzene rings is 2. The number of amides is 1. The summed E-state index contributed by atoms with van der Waals surface area (Å²) in [5.74, 6) is -0.277. The number of aliphatic hydroxyl groups is 1. The Morgan fingerprint density at radius 1 is 1.00 bits per heavy atom. The third kappa shape index (κ3) is 4.54. The Balaban J connectivity index is 1.59. The van der Waals surface area contributed by atoms with Gasteiger partial charge in [0.25, 0.3) is 5.91 Å². The number of fused-ring (bicyclic) bond motifs is 1. The molecule has 1 amide bonds. The second-order valence-corrected chi connectivity index (χ2v) is 7.27. The zero-order valence-electron chi connectivity index (χ0n) is 15.2. The van der Waals surface area contributed by atoms with E-state index in [1.54, 1.807) is 0 Å². The molecular weight excluding hydrogens is 326 g/mol. The molecule has 1 saturated carbocycles. The summed E-state index contributed by atoms with van der Waals surface area (Å²) < 4.78 is 0. The van der Waals surface area contributed by atoms with Crippen LogP contribution in [0, 0.1) is 5.92 Å². The number of rotatable bonds is 5. The van der Waals surface area contributed by atoms with Crippen LogP contribution in [0.2, 0.25) is 0 Å². The molecule has 5 heteroatoms. The number of nitrogens with one attached hydrogen (secondary N) is 2. The lowest BCUT2D eigenvalue weighted by atomic mass is 9.84. The molecule has 0 aromatic heterocycles. The lowest BCUT2D eigenvalue weighted by Crippen LogP contribution is -2.51. The van der Waals surface area contributed by atoms with E-state index in [4.69, 9.17) is 5.73 Å². The Morgan fingerprint density at radius 3 is 2.42 bits per heavy atom. The van der Waals surface area contributed by atoms with Gasteiger partial charge in [0.1, 0.15) is 6.10 Å². The number of nitrogens with two attached hydrogens (primary N) is 1. The van der Waals surface area contributed by atoms with Crippen molar-refractivity contribution >= 4 is 22.4 Å². The molecule has 1 aliphatic rings. The first kappa shape index (κ1) is 18.7. The van der Waals surface area contributed by atoms with E-state index in [1.165, 1.54) is 19.3 Å². The maximum absolute atomic E-state index is 12.4. The Hall–Kier alpha value is -2.11. The van der Waals surface area contributed by atoms with Crippen LogP contribution in [0.3, 0.4) is 0 Å². The fraction of sp³-hybridized carbons (Fsp3) is 0.476. The predicted molar refractivity (Wildman–Crippen MR) is 106 cm³/mol. The van der Waals surface area contributed by atoms with Gasteiger partial charge in [-0.25, -0.2) is 0 Å². The third-order valence-electron chi connectivity index (χ3n) is 5.44. The number of hydrogen-bond donors (Lipinski definition) is 4. The van der Waals surface area contributed by atoms with Gasteiger partial charge in [-0.05, 0) is 30.2 Å². The van der Waals surface area contributed by atoms with E-state index in [0.29, 0.717) is 0 Å². The minimum Gasteiger partial charge on any atom is -0.382 e. The molecule has 2 atom stereocenters. The lowest BCUT2D eigenvalue weighted by Gasteiger charge is -2.28. The second-order valence-electron chi connectivity index (χ2n) is 7.27. The first-order valence-corrected chi connectivity index (χ1v) is 9.64. The number of aliphatic hydroxyl groups excluding tert-OH is 1. The fourth-order valence-electron chi connectivity index (χ4n) is 3.84. The number of anilines is 1. The quantitative estimate of drug-likeness (QED) is 0.620. The van der Waals surface area contributed by atoms with Gasteiger partial charge in [0.05, 0.1) is 5.69 Å². The van der Waals surface area contributed by atoms with Gasteiger partial charge >= 0.3 is 0 Å². The monoisotopic (exact) mass is 355 g/mol. The molecule has 3 rings (SSSR count). The Bertz CT molecular complexity index is 721. The van der Waals surface area contributed by atoms with Gasteiger partial charge in [-0.3, -0.25) is 15.6 Å². The molecule has 0 radical (unpaired) electrons. The topological polar surface area (TPSA) is 87.4 Å². The summed E-state index contributed by atoms with van der Waals surface area (Å²) in [5, 5.41) is 12.5. The Labute approximate surface area is 154 Å². The highest BCUT2D eigenvalue weighted by Gasteiger charge is 2.30. The van der Waals surface area contributed by atoms with E-state index < -0.39 is 18.1 Å². The van der Waals surface area contributed by atoms with E-state index >= 15 is 0 Å². The van der Waals surface area contributed by atoms with Gasteiger partial charge < -0.3 is 10.8 Å². The summed E-state index contributed by atoms with van der Waals surface area (Å²) in [5.41, 5.74) is 12.6. The predicted octanol–water partition coefficient (Wildman–Crippen LogP) is 3.33. The van der Waals surface area contributed by atoms with Crippen LogP contribution in [0.15, 0.2) is 42.5 Å². The standard InChI is InChI=1S/C21H29N3O2/c22-19(16-10-4-2-1-3-5-11-16)20(25)21(26)24-23-18-14-8-12-15-9-6-7-13-17(15)18/h6-9,12-14,16,19-20,23,25H,1-5,10-11,22H2,(H,24,26)/t19-,20?/m1/s1. The maximum atomic E-state index is 12.4. The van der Waals surface area contributed by atoms with Crippen LogP contribution in [0.5, 0.6) is 0 Å². The third-order valence-corrected chi connectivity index (χ3v) is 5.44. The largest absolute Gasteiger partial charge is 0.382 e. The summed E-state index contributed by atoms with van der Waals surface area (Å²) in [6.45, 7) is 0. The molecule has 2 aromatic rings. The second kappa shape index (κ2) is 9.01. The average molecular weight is 355 g/mol. The fourth-order valence-corrected chi connectivity index (χ4v) is 3.84. The van der Waals surface area contributed by atoms with Crippen molar-refractivity contribution in [2.75, 3.05) is 5.43 Å². The highest BCUT2D eigenvalue weighted by atomic mass is 16.3. The molecule has 5 N–H and O–H groups in total. The van der Waals surface area contributed by atoms with Crippen LogP contribution in [0.1, 0.15) is 44.9 Å². The zero-order valence-corrected chi connectivity index (χ0v) is 15.2. The molecule has 1 fully saturated rings. The van der Waals surface area contributed by atoms with Crippen LogP contribution in [0.4, 0.5) is 5.69 Å². The van der Waals surface area contributed by atoms with Crippen LogP contribution < -0.4 is 16.6 Å². The van der Waals surface area contributed by atoms with Gasteiger partial charge in [0.15, 0.2) is 0 Å². The first-order valence-electron chi connectivity index (χ1n) is 9.64. The summed E-state index contributed by atoms with van der Waals surface area (Å²) in [7, 11) is 0. The Kier molecular flexibility index (Phi) is 6.47. The normalized spacial score (nSPS) is 18.5. The smallest absolute Gasteiger partial charge is 0.268 e. The van der Waals surface area contributed by atoms with Crippen molar-refractivity contribution < 1.29 is 9.90 Å². The Morgan fingerprint density at radius 2 is 1.65 bits per heavy atom.